The SMILES string of the molecule is CCOC(=O)[C@@H](C)n1cc(C=Nn2c(C3CCCCC3)nc3ccc(Br)cc3c2=O)c2ccccc21. The Bertz CT molecular complexity index is 1510. The van der Waals surface area contributed by atoms with Gasteiger partial charge in [0.2, 0.25) is 0 Å². The van der Waals surface area contributed by atoms with E-state index < -0.39 is 6.04 Å². The summed E-state index contributed by atoms with van der Waals surface area (Å²) in [6, 6.07) is 13.0. The maximum absolute atomic E-state index is 13.6. The van der Waals surface area contributed by atoms with Gasteiger partial charge in [0.05, 0.1) is 23.7 Å². The third-order valence-corrected chi connectivity index (χ3v) is 7.43. The minimum atomic E-state index is -0.489. The molecule has 4 aromatic rings. The van der Waals surface area contributed by atoms with Gasteiger partial charge in [-0.15, -0.1) is 0 Å². The number of aromatic nitrogens is 3. The molecule has 0 saturated heterocycles. The second-order valence-electron chi connectivity index (χ2n) is 9.26. The van der Waals surface area contributed by atoms with Crippen molar-refractivity contribution in [1.82, 2.24) is 14.2 Å². The number of halogens is 1. The van der Waals surface area contributed by atoms with Crippen molar-refractivity contribution in [2.75, 3.05) is 6.61 Å². The molecular weight excluding hydrogens is 520 g/mol. The van der Waals surface area contributed by atoms with E-state index in [1.54, 1.807) is 19.2 Å². The van der Waals surface area contributed by atoms with Crippen LogP contribution in [0.3, 0.4) is 0 Å². The van der Waals surface area contributed by atoms with Crippen molar-refractivity contribution in [3.63, 3.8) is 0 Å². The first kappa shape index (κ1) is 24.4. The molecule has 0 amide bonds. The summed E-state index contributed by atoms with van der Waals surface area (Å²) < 4.78 is 9.44. The monoisotopic (exact) mass is 548 g/mol. The molecule has 1 atom stereocenters. The zero-order chi connectivity index (χ0) is 25.2. The van der Waals surface area contributed by atoms with Crippen molar-refractivity contribution in [2.45, 2.75) is 57.9 Å². The van der Waals surface area contributed by atoms with E-state index in [1.807, 2.05) is 54.1 Å². The fraction of sp³-hybridized carbons (Fsp3) is 0.357. The fourth-order valence-corrected chi connectivity index (χ4v) is 5.42. The minimum Gasteiger partial charge on any atom is -0.464 e. The highest BCUT2D eigenvalue weighted by atomic mass is 79.9. The highest BCUT2D eigenvalue weighted by molar-refractivity contribution is 9.10. The number of benzene rings is 2. The molecule has 5 rings (SSSR count). The number of hydrogen-bond acceptors (Lipinski definition) is 5. The van der Waals surface area contributed by atoms with Crippen LogP contribution in [0.5, 0.6) is 0 Å². The van der Waals surface area contributed by atoms with Gasteiger partial charge < -0.3 is 9.30 Å². The summed E-state index contributed by atoms with van der Waals surface area (Å²) in [5.74, 6) is 0.623. The average Bonchev–Trinajstić information content (AvgIpc) is 3.27. The number of rotatable bonds is 6. The van der Waals surface area contributed by atoms with Crippen LogP contribution in [0.1, 0.15) is 69.3 Å². The number of ether oxygens (including phenoxy) is 1. The molecule has 7 nitrogen and oxygen atoms in total. The summed E-state index contributed by atoms with van der Waals surface area (Å²) in [5.41, 5.74) is 2.23. The van der Waals surface area contributed by atoms with Gasteiger partial charge in [0, 0.05) is 33.1 Å². The van der Waals surface area contributed by atoms with Crippen molar-refractivity contribution in [3.05, 3.63) is 74.9 Å². The highest BCUT2D eigenvalue weighted by Gasteiger charge is 2.23. The summed E-state index contributed by atoms with van der Waals surface area (Å²) in [5, 5.41) is 6.18. The van der Waals surface area contributed by atoms with Crippen molar-refractivity contribution in [3.8, 4) is 0 Å². The second-order valence-corrected chi connectivity index (χ2v) is 10.2. The molecule has 8 heteroatoms. The molecule has 2 heterocycles. The maximum atomic E-state index is 13.6. The van der Waals surface area contributed by atoms with E-state index in [1.165, 1.54) is 11.1 Å². The van der Waals surface area contributed by atoms with Gasteiger partial charge in [-0.1, -0.05) is 53.4 Å². The Hall–Kier alpha value is -3.26. The normalized spacial score (nSPS) is 15.6. The van der Waals surface area contributed by atoms with Gasteiger partial charge in [-0.25, -0.2) is 9.78 Å². The van der Waals surface area contributed by atoms with Crippen LogP contribution in [-0.4, -0.2) is 33.0 Å². The Kier molecular flexibility index (Phi) is 7.05. The van der Waals surface area contributed by atoms with E-state index in [0.29, 0.717) is 17.5 Å². The van der Waals surface area contributed by atoms with Gasteiger partial charge in [-0.05, 0) is 51.0 Å². The van der Waals surface area contributed by atoms with Gasteiger partial charge in [0.25, 0.3) is 5.56 Å². The van der Waals surface area contributed by atoms with Crippen LogP contribution >= 0.6 is 15.9 Å². The van der Waals surface area contributed by atoms with Crippen LogP contribution in [0.4, 0.5) is 0 Å². The summed E-state index contributed by atoms with van der Waals surface area (Å²) in [4.78, 5) is 31.0. The zero-order valence-electron chi connectivity index (χ0n) is 20.5. The van der Waals surface area contributed by atoms with Crippen molar-refractivity contribution in [2.24, 2.45) is 5.10 Å². The maximum Gasteiger partial charge on any atom is 0.328 e. The number of esters is 1. The highest BCUT2D eigenvalue weighted by Crippen LogP contribution is 2.32. The topological polar surface area (TPSA) is 78.5 Å². The number of para-hydroxylation sites is 1. The molecule has 1 aliphatic rings. The Morgan fingerprint density at radius 3 is 2.75 bits per heavy atom. The number of carbonyl (C=O) groups excluding carboxylic acids is 1. The molecule has 0 N–H and O–H groups in total. The molecule has 2 aromatic carbocycles. The predicted octanol–water partition coefficient (Wildman–Crippen LogP) is 6.17. The van der Waals surface area contributed by atoms with Crippen LogP contribution in [0.25, 0.3) is 21.8 Å². The molecule has 0 spiro atoms. The Balaban J connectivity index is 1.63. The van der Waals surface area contributed by atoms with Gasteiger partial charge in [0.1, 0.15) is 11.9 Å². The molecule has 1 saturated carbocycles. The van der Waals surface area contributed by atoms with Crippen LogP contribution in [-0.2, 0) is 9.53 Å². The minimum absolute atomic E-state index is 0.179. The Morgan fingerprint density at radius 2 is 1.97 bits per heavy atom. The summed E-state index contributed by atoms with van der Waals surface area (Å²) >= 11 is 3.47. The van der Waals surface area contributed by atoms with E-state index in [-0.39, 0.29) is 17.4 Å². The van der Waals surface area contributed by atoms with E-state index in [4.69, 9.17) is 14.8 Å². The first-order chi connectivity index (χ1) is 17.5. The fourth-order valence-electron chi connectivity index (χ4n) is 5.05. The molecule has 2 aromatic heterocycles. The van der Waals surface area contributed by atoms with Gasteiger partial charge in [-0.3, -0.25) is 4.79 Å². The summed E-state index contributed by atoms with van der Waals surface area (Å²) in [7, 11) is 0. The standard InChI is InChI=1S/C28H29BrN4O3/c1-3-36-28(35)18(2)32-17-20(22-11-7-8-12-25(22)32)16-30-33-26(19-9-5-4-6-10-19)31-24-14-13-21(29)15-23(24)27(33)34/h7-8,11-19H,3-6,9-10H2,1-2H3/t18-/m1/s1. The summed E-state index contributed by atoms with van der Waals surface area (Å²) in [6.45, 7) is 3.95. The largest absolute Gasteiger partial charge is 0.464 e. The van der Waals surface area contributed by atoms with E-state index >= 15 is 0 Å². The summed E-state index contributed by atoms with van der Waals surface area (Å²) in [6.07, 6.45) is 9.06. The molecular formula is C28H29BrN4O3. The lowest BCUT2D eigenvalue weighted by Crippen LogP contribution is -2.25. The number of carbonyl (C=O) groups is 1. The number of fused-ring (bicyclic) bond motifs is 2. The lowest BCUT2D eigenvalue weighted by molar-refractivity contribution is -0.146. The van der Waals surface area contributed by atoms with Gasteiger partial charge in [0.15, 0.2) is 0 Å². The second kappa shape index (κ2) is 10.4. The lowest BCUT2D eigenvalue weighted by atomic mass is 9.88. The smallest absolute Gasteiger partial charge is 0.328 e. The molecule has 36 heavy (non-hydrogen) atoms. The van der Waals surface area contributed by atoms with Crippen molar-refractivity contribution < 1.29 is 9.53 Å². The van der Waals surface area contributed by atoms with Crippen LogP contribution < -0.4 is 5.56 Å². The van der Waals surface area contributed by atoms with Crippen LogP contribution in [0.2, 0.25) is 0 Å². The van der Waals surface area contributed by atoms with Gasteiger partial charge >= 0.3 is 5.97 Å². The number of hydrogen-bond donors (Lipinski definition) is 0. The zero-order valence-corrected chi connectivity index (χ0v) is 22.1. The molecule has 0 radical (unpaired) electrons. The molecule has 0 aliphatic heterocycles. The Morgan fingerprint density at radius 1 is 1.19 bits per heavy atom. The van der Waals surface area contributed by atoms with Crippen LogP contribution in [0, 0.1) is 0 Å². The average molecular weight is 549 g/mol. The van der Waals surface area contributed by atoms with Crippen molar-refractivity contribution in [1.29, 1.82) is 0 Å². The van der Waals surface area contributed by atoms with Crippen LogP contribution in [0.15, 0.2) is 63.0 Å². The van der Waals surface area contributed by atoms with E-state index in [9.17, 15) is 9.59 Å². The molecule has 0 bridgehead atoms. The Labute approximate surface area is 217 Å². The molecule has 1 fully saturated rings. The predicted molar refractivity (Wildman–Crippen MR) is 146 cm³/mol. The molecule has 1 aliphatic carbocycles. The number of nitrogens with zero attached hydrogens (tertiary/aromatic N) is 4. The molecule has 0 unspecified atom stereocenters. The lowest BCUT2D eigenvalue weighted by Gasteiger charge is -2.22. The third-order valence-electron chi connectivity index (χ3n) is 6.93. The molecule has 186 valence electrons. The van der Waals surface area contributed by atoms with E-state index in [2.05, 4.69) is 15.9 Å². The first-order valence-corrected chi connectivity index (χ1v) is 13.3. The van der Waals surface area contributed by atoms with Gasteiger partial charge in [-0.2, -0.15) is 9.78 Å². The van der Waals surface area contributed by atoms with E-state index in [0.717, 1.165) is 52.4 Å². The third kappa shape index (κ3) is 4.62. The quantitative estimate of drug-likeness (QED) is 0.213. The van der Waals surface area contributed by atoms with Crippen molar-refractivity contribution >= 4 is 49.9 Å². The first-order valence-electron chi connectivity index (χ1n) is 12.5.